The number of carbonyl (C=O) groups excluding carboxylic acids is 1. The molecule has 0 spiro atoms. The summed E-state index contributed by atoms with van der Waals surface area (Å²) in [5.41, 5.74) is 0.587. The summed E-state index contributed by atoms with van der Waals surface area (Å²) >= 11 is 1.12. The van der Waals surface area contributed by atoms with E-state index in [1.54, 1.807) is 35.3 Å². The van der Waals surface area contributed by atoms with Crippen LogP contribution in [-0.4, -0.2) is 33.0 Å². The minimum absolute atomic E-state index is 0.0719. The number of hydrogen-bond acceptors (Lipinski definition) is 5. The number of amides is 1. The second-order valence-electron chi connectivity index (χ2n) is 5.45. The Hall–Kier alpha value is -2.94. The van der Waals surface area contributed by atoms with Crippen molar-refractivity contribution in [2.45, 2.75) is 11.4 Å². The first kappa shape index (κ1) is 18.8. The summed E-state index contributed by atoms with van der Waals surface area (Å²) in [6.07, 6.45) is 3.05. The Morgan fingerprint density at radius 1 is 1.19 bits per heavy atom. The number of aromatic nitrogens is 3. The first-order valence-electron chi connectivity index (χ1n) is 8.03. The van der Waals surface area contributed by atoms with Gasteiger partial charge in [-0.1, -0.05) is 6.07 Å². The standard InChI is InChI=1S/C18H16F2N4O2S/c19-16-5-4-15(9-17(16)20)27-10-18(25)23-13-2-1-3-14(8-13)26-7-6-24-12-21-11-22-24/h1-5,8-9,11-12H,6-7,10H2,(H,23,25). The van der Waals surface area contributed by atoms with Crippen LogP contribution in [0, 0.1) is 11.6 Å². The van der Waals surface area contributed by atoms with E-state index >= 15 is 0 Å². The number of carbonyl (C=O) groups is 1. The SMILES string of the molecule is O=C(CSc1ccc(F)c(F)c1)Nc1cccc(OCCn2cncn2)c1. The van der Waals surface area contributed by atoms with Crippen molar-refractivity contribution in [1.82, 2.24) is 14.8 Å². The molecule has 3 aromatic rings. The van der Waals surface area contributed by atoms with Crippen LogP contribution < -0.4 is 10.1 Å². The molecule has 0 unspecified atom stereocenters. The molecular weight excluding hydrogens is 374 g/mol. The van der Waals surface area contributed by atoms with Crippen molar-refractivity contribution in [3.05, 3.63) is 66.8 Å². The number of benzene rings is 2. The van der Waals surface area contributed by atoms with Crippen molar-refractivity contribution in [3.8, 4) is 5.75 Å². The quantitative estimate of drug-likeness (QED) is 0.598. The normalized spacial score (nSPS) is 10.6. The molecule has 0 aliphatic heterocycles. The highest BCUT2D eigenvalue weighted by Gasteiger charge is 2.07. The third kappa shape index (κ3) is 5.78. The van der Waals surface area contributed by atoms with Crippen LogP contribution in [0.15, 0.2) is 60.0 Å². The van der Waals surface area contributed by atoms with Crippen molar-refractivity contribution < 1.29 is 18.3 Å². The summed E-state index contributed by atoms with van der Waals surface area (Å²) in [5, 5.41) is 6.73. The lowest BCUT2D eigenvalue weighted by Crippen LogP contribution is -2.14. The lowest BCUT2D eigenvalue weighted by atomic mass is 10.3. The Bertz CT molecular complexity index is 906. The number of nitrogens with zero attached hydrogens (tertiary/aromatic N) is 3. The van der Waals surface area contributed by atoms with Crippen LogP contribution in [0.2, 0.25) is 0 Å². The van der Waals surface area contributed by atoms with Gasteiger partial charge in [-0.15, -0.1) is 11.8 Å². The van der Waals surface area contributed by atoms with E-state index in [0.29, 0.717) is 29.5 Å². The van der Waals surface area contributed by atoms with Gasteiger partial charge in [0.25, 0.3) is 0 Å². The van der Waals surface area contributed by atoms with Crippen LogP contribution in [-0.2, 0) is 11.3 Å². The maximum Gasteiger partial charge on any atom is 0.234 e. The minimum atomic E-state index is -0.934. The van der Waals surface area contributed by atoms with E-state index in [-0.39, 0.29) is 11.7 Å². The molecule has 1 amide bonds. The van der Waals surface area contributed by atoms with Gasteiger partial charge in [0.15, 0.2) is 11.6 Å². The van der Waals surface area contributed by atoms with Crippen molar-refractivity contribution in [2.75, 3.05) is 17.7 Å². The maximum atomic E-state index is 13.2. The van der Waals surface area contributed by atoms with Crippen LogP contribution in [0.1, 0.15) is 0 Å². The molecule has 27 heavy (non-hydrogen) atoms. The summed E-state index contributed by atoms with van der Waals surface area (Å²) in [6, 6.07) is 10.5. The Labute approximate surface area is 158 Å². The Kier molecular flexibility index (Phi) is 6.37. The van der Waals surface area contributed by atoms with Crippen LogP contribution in [0.4, 0.5) is 14.5 Å². The van der Waals surface area contributed by atoms with Gasteiger partial charge in [-0.05, 0) is 30.3 Å². The van der Waals surface area contributed by atoms with Crippen molar-refractivity contribution in [2.24, 2.45) is 0 Å². The Morgan fingerprint density at radius 2 is 2.07 bits per heavy atom. The molecule has 0 atom stereocenters. The van der Waals surface area contributed by atoms with Crippen LogP contribution >= 0.6 is 11.8 Å². The molecule has 2 aromatic carbocycles. The molecule has 9 heteroatoms. The summed E-state index contributed by atoms with van der Waals surface area (Å²) in [4.78, 5) is 16.4. The number of anilines is 1. The average molecular weight is 390 g/mol. The van der Waals surface area contributed by atoms with Gasteiger partial charge in [0.05, 0.1) is 12.3 Å². The average Bonchev–Trinajstić information content (AvgIpc) is 3.16. The van der Waals surface area contributed by atoms with Crippen molar-refractivity contribution in [3.63, 3.8) is 0 Å². The predicted octanol–water partition coefficient (Wildman–Crippen LogP) is 3.37. The van der Waals surface area contributed by atoms with Crippen molar-refractivity contribution in [1.29, 1.82) is 0 Å². The van der Waals surface area contributed by atoms with Gasteiger partial charge in [0.2, 0.25) is 5.91 Å². The van der Waals surface area contributed by atoms with Crippen LogP contribution in [0.3, 0.4) is 0 Å². The molecule has 0 radical (unpaired) electrons. The first-order valence-corrected chi connectivity index (χ1v) is 9.02. The molecular formula is C18H16F2N4O2S. The highest BCUT2D eigenvalue weighted by molar-refractivity contribution is 8.00. The predicted molar refractivity (Wildman–Crippen MR) is 97.7 cm³/mol. The lowest BCUT2D eigenvalue weighted by molar-refractivity contribution is -0.113. The zero-order valence-corrected chi connectivity index (χ0v) is 15.0. The largest absolute Gasteiger partial charge is 0.492 e. The second kappa shape index (κ2) is 9.13. The van der Waals surface area contributed by atoms with E-state index in [9.17, 15) is 13.6 Å². The first-order chi connectivity index (χ1) is 13.1. The van der Waals surface area contributed by atoms with Gasteiger partial charge in [-0.3, -0.25) is 4.79 Å². The van der Waals surface area contributed by atoms with E-state index in [4.69, 9.17) is 4.74 Å². The highest BCUT2D eigenvalue weighted by atomic mass is 32.2. The topological polar surface area (TPSA) is 69.0 Å². The highest BCUT2D eigenvalue weighted by Crippen LogP contribution is 2.21. The number of halogens is 2. The fourth-order valence-corrected chi connectivity index (χ4v) is 2.90. The van der Waals surface area contributed by atoms with Crippen molar-refractivity contribution >= 4 is 23.4 Å². The molecule has 1 N–H and O–H groups in total. The molecule has 3 rings (SSSR count). The molecule has 0 aliphatic rings. The molecule has 0 saturated heterocycles. The zero-order valence-electron chi connectivity index (χ0n) is 14.1. The fourth-order valence-electron chi connectivity index (χ4n) is 2.18. The Balaban J connectivity index is 1.47. The zero-order chi connectivity index (χ0) is 19.1. The van der Waals surface area contributed by atoms with Gasteiger partial charge in [0, 0.05) is 16.6 Å². The van der Waals surface area contributed by atoms with Gasteiger partial charge in [-0.2, -0.15) is 5.10 Å². The second-order valence-corrected chi connectivity index (χ2v) is 6.50. The van der Waals surface area contributed by atoms with Gasteiger partial charge >= 0.3 is 0 Å². The molecule has 1 aromatic heterocycles. The minimum Gasteiger partial charge on any atom is -0.492 e. The number of rotatable bonds is 8. The molecule has 0 bridgehead atoms. The summed E-state index contributed by atoms with van der Waals surface area (Å²) in [5.74, 6) is -1.42. The van der Waals surface area contributed by atoms with E-state index in [0.717, 1.165) is 23.9 Å². The fraction of sp³-hybridized carbons (Fsp3) is 0.167. The molecule has 140 valence electrons. The third-order valence-electron chi connectivity index (χ3n) is 3.43. The number of ether oxygens (including phenoxy) is 1. The molecule has 0 aliphatic carbocycles. The van der Waals surface area contributed by atoms with E-state index < -0.39 is 11.6 Å². The van der Waals surface area contributed by atoms with Crippen LogP contribution in [0.25, 0.3) is 0 Å². The maximum absolute atomic E-state index is 13.2. The summed E-state index contributed by atoms with van der Waals surface area (Å²) in [7, 11) is 0. The summed E-state index contributed by atoms with van der Waals surface area (Å²) in [6.45, 7) is 0.966. The summed E-state index contributed by atoms with van der Waals surface area (Å²) < 4.78 is 33.4. The van der Waals surface area contributed by atoms with E-state index in [2.05, 4.69) is 15.4 Å². The smallest absolute Gasteiger partial charge is 0.234 e. The van der Waals surface area contributed by atoms with Gasteiger partial charge in [0.1, 0.15) is 25.0 Å². The number of thioether (sulfide) groups is 1. The van der Waals surface area contributed by atoms with Gasteiger partial charge in [-0.25, -0.2) is 18.4 Å². The molecule has 6 nitrogen and oxygen atoms in total. The number of nitrogens with one attached hydrogen (secondary N) is 1. The Morgan fingerprint density at radius 3 is 2.85 bits per heavy atom. The molecule has 0 fully saturated rings. The lowest BCUT2D eigenvalue weighted by Gasteiger charge is -2.09. The van der Waals surface area contributed by atoms with Gasteiger partial charge < -0.3 is 10.1 Å². The van der Waals surface area contributed by atoms with E-state index in [1.165, 1.54) is 12.4 Å². The molecule has 0 saturated carbocycles. The molecule has 1 heterocycles. The number of hydrogen-bond donors (Lipinski definition) is 1. The van der Waals surface area contributed by atoms with E-state index in [1.807, 2.05) is 0 Å². The van der Waals surface area contributed by atoms with Crippen LogP contribution in [0.5, 0.6) is 5.75 Å². The monoisotopic (exact) mass is 390 g/mol. The third-order valence-corrected chi connectivity index (χ3v) is 4.43.